The van der Waals surface area contributed by atoms with Crippen LogP contribution >= 0.6 is 0 Å². The second-order valence-corrected chi connectivity index (χ2v) is 10.7. The highest BCUT2D eigenvalue weighted by molar-refractivity contribution is 7.92. The van der Waals surface area contributed by atoms with Crippen LogP contribution < -0.4 is 16.6 Å². The van der Waals surface area contributed by atoms with Crippen LogP contribution in [0.25, 0.3) is 22.2 Å². The Kier molecular flexibility index (Phi) is 5.75. The van der Waals surface area contributed by atoms with Crippen LogP contribution in [0.2, 0.25) is 0 Å². The van der Waals surface area contributed by atoms with Gasteiger partial charge < -0.3 is 16.5 Å². The normalized spacial score (nSPS) is 14.4. The van der Waals surface area contributed by atoms with Gasteiger partial charge in [-0.15, -0.1) is 5.11 Å². The lowest BCUT2D eigenvalue weighted by Gasteiger charge is -2.21. The molecule has 33 heavy (non-hydrogen) atoms. The summed E-state index contributed by atoms with van der Waals surface area (Å²) < 4.78 is 53.1. The second-order valence-electron chi connectivity index (χ2n) is 7.16. The highest BCUT2D eigenvalue weighted by Gasteiger charge is 2.34. The van der Waals surface area contributed by atoms with Crippen LogP contribution in [0.3, 0.4) is 0 Å². The molecule has 0 saturated carbocycles. The topological polar surface area (TPSA) is 215 Å². The van der Waals surface area contributed by atoms with E-state index in [2.05, 4.69) is 25.2 Å². The Morgan fingerprint density at radius 3 is 2.52 bits per heavy atom. The molecule has 4 rings (SSSR count). The lowest BCUT2D eigenvalue weighted by Crippen LogP contribution is -2.33. The minimum Gasteiger partial charge on any atom is -0.369 e. The predicted molar refractivity (Wildman–Crippen MR) is 122 cm³/mol. The molecular formula is C18H21N9O4S2. The van der Waals surface area contributed by atoms with Gasteiger partial charge in [-0.2, -0.15) is 9.42 Å². The van der Waals surface area contributed by atoms with Gasteiger partial charge in [0.2, 0.25) is 20.0 Å². The van der Waals surface area contributed by atoms with Crippen molar-refractivity contribution >= 4 is 42.9 Å². The van der Waals surface area contributed by atoms with Crippen molar-refractivity contribution in [2.24, 2.45) is 26.1 Å². The van der Waals surface area contributed by atoms with Gasteiger partial charge in [0.25, 0.3) is 0 Å². The van der Waals surface area contributed by atoms with E-state index in [-0.39, 0.29) is 37.1 Å². The molecule has 0 amide bonds. The van der Waals surface area contributed by atoms with Crippen molar-refractivity contribution in [3.8, 4) is 11.1 Å². The van der Waals surface area contributed by atoms with E-state index in [0.717, 1.165) is 4.31 Å². The van der Waals surface area contributed by atoms with Crippen LogP contribution in [-0.4, -0.2) is 63.8 Å². The number of aromatic nitrogens is 2. The summed E-state index contributed by atoms with van der Waals surface area (Å²) in [6, 6.07) is 7.80. The zero-order valence-electron chi connectivity index (χ0n) is 17.4. The van der Waals surface area contributed by atoms with Crippen LogP contribution in [0.4, 0.5) is 5.95 Å². The number of para-hydroxylation sites is 1. The number of nitrogens with one attached hydrogen (secondary N) is 1. The number of nitrogens with two attached hydrogens (primary N) is 3. The Morgan fingerprint density at radius 2 is 1.88 bits per heavy atom. The molecule has 15 heteroatoms. The number of likely N-dealkylation sites (N-methyl/N-ethyl adjacent to an activating group) is 1. The van der Waals surface area contributed by atoms with Crippen molar-refractivity contribution in [2.45, 2.75) is 9.79 Å². The number of amidine groups is 1. The fourth-order valence-corrected chi connectivity index (χ4v) is 6.35. The summed E-state index contributed by atoms with van der Waals surface area (Å²) in [6.45, 7) is -0.0344. The molecule has 0 unspecified atom stereocenters. The number of hydrogen-bond donors (Lipinski definition) is 4. The summed E-state index contributed by atoms with van der Waals surface area (Å²) in [4.78, 5) is 10.2. The third-order valence-corrected chi connectivity index (χ3v) is 8.05. The number of sulfonamides is 2. The van der Waals surface area contributed by atoms with Crippen molar-refractivity contribution in [3.05, 3.63) is 35.9 Å². The van der Waals surface area contributed by atoms with E-state index in [4.69, 9.17) is 16.6 Å². The Bertz CT molecular complexity index is 1530. The molecule has 1 aromatic heterocycles. The van der Waals surface area contributed by atoms with Crippen molar-refractivity contribution < 1.29 is 16.8 Å². The molecule has 0 bridgehead atoms. The van der Waals surface area contributed by atoms with E-state index in [1.54, 1.807) is 18.2 Å². The van der Waals surface area contributed by atoms with E-state index in [1.807, 2.05) is 0 Å². The number of fused-ring (bicyclic) bond motifs is 1. The number of azo groups is 1. The second kappa shape index (κ2) is 8.27. The number of anilines is 1. The van der Waals surface area contributed by atoms with Gasteiger partial charge in [-0.25, -0.2) is 32.0 Å². The van der Waals surface area contributed by atoms with E-state index >= 15 is 0 Å². The first-order valence-electron chi connectivity index (χ1n) is 9.59. The summed E-state index contributed by atoms with van der Waals surface area (Å²) in [5.41, 5.74) is 13.0. The Hall–Kier alpha value is -3.24. The van der Waals surface area contributed by atoms with Gasteiger partial charge in [0.15, 0.2) is 18.5 Å². The van der Waals surface area contributed by atoms with Crippen molar-refractivity contribution in [1.29, 1.82) is 0 Å². The van der Waals surface area contributed by atoms with Crippen LogP contribution in [0, 0.1) is 0 Å². The van der Waals surface area contributed by atoms with Crippen LogP contribution in [-0.2, 0) is 20.0 Å². The summed E-state index contributed by atoms with van der Waals surface area (Å²) in [6.07, 6.45) is 0. The van der Waals surface area contributed by atoms with Gasteiger partial charge >= 0.3 is 0 Å². The quantitative estimate of drug-likeness (QED) is 0.360. The first kappa shape index (κ1) is 22.9. The highest BCUT2D eigenvalue weighted by atomic mass is 32.2. The molecule has 2 aromatic carbocycles. The maximum absolute atomic E-state index is 13.2. The summed E-state index contributed by atoms with van der Waals surface area (Å²) in [5.74, 6) is 0.0965. The molecule has 0 saturated heterocycles. The Labute approximate surface area is 189 Å². The number of imidazole rings is 1. The zero-order chi connectivity index (χ0) is 24.0. The molecule has 0 atom stereocenters. The predicted octanol–water partition coefficient (Wildman–Crippen LogP) is 0.209. The maximum atomic E-state index is 13.2. The van der Waals surface area contributed by atoms with Crippen LogP contribution in [0.5, 0.6) is 0 Å². The average molecular weight is 492 g/mol. The third kappa shape index (κ3) is 4.00. The first-order valence-corrected chi connectivity index (χ1v) is 12.6. The molecule has 1 aliphatic heterocycles. The summed E-state index contributed by atoms with van der Waals surface area (Å²) in [5, 5.41) is 13.3. The van der Waals surface area contributed by atoms with Gasteiger partial charge in [-0.1, -0.05) is 18.2 Å². The summed E-state index contributed by atoms with van der Waals surface area (Å²) in [7, 11) is -7.57. The minimum absolute atomic E-state index is 0.0318. The number of aliphatic imine (C=N–C) groups is 1. The molecule has 0 radical (unpaired) electrons. The van der Waals surface area contributed by atoms with E-state index < -0.39 is 29.8 Å². The largest absolute Gasteiger partial charge is 0.369 e. The van der Waals surface area contributed by atoms with E-state index in [0.29, 0.717) is 22.2 Å². The molecule has 0 aliphatic carbocycles. The zero-order valence-corrected chi connectivity index (χ0v) is 19.1. The molecule has 7 N–H and O–H groups in total. The number of H-pyrrole nitrogens is 1. The maximum Gasteiger partial charge on any atom is 0.244 e. The van der Waals surface area contributed by atoms with Gasteiger partial charge in [0, 0.05) is 25.7 Å². The standard InChI is InChI=1S/C18H21N9O4S2/c1-27(8-7-19)33(30,31)13-6-5-10(11-3-2-4-12-15(11)25-18(20)24-12)14(16(13)32(21,28)29)17-22-9-23-26-17/h2-6H,7-9,19H2,1H3,(H3,20,24,25)(H2,21,28,29). The number of benzene rings is 2. The summed E-state index contributed by atoms with van der Waals surface area (Å²) >= 11 is 0. The molecule has 174 valence electrons. The molecule has 13 nitrogen and oxygen atoms in total. The lowest BCUT2D eigenvalue weighted by atomic mass is 9.97. The van der Waals surface area contributed by atoms with E-state index in [9.17, 15) is 16.8 Å². The number of rotatable bonds is 7. The molecule has 0 spiro atoms. The van der Waals surface area contributed by atoms with Crippen molar-refractivity contribution in [1.82, 2.24) is 14.3 Å². The molecule has 3 aromatic rings. The fraction of sp³-hybridized carbons (Fsp3) is 0.222. The molecular weight excluding hydrogens is 470 g/mol. The van der Waals surface area contributed by atoms with Crippen molar-refractivity contribution in [2.75, 3.05) is 32.5 Å². The third-order valence-electron chi connectivity index (χ3n) is 5.03. The highest BCUT2D eigenvalue weighted by Crippen LogP contribution is 2.38. The minimum atomic E-state index is -4.58. The van der Waals surface area contributed by atoms with Crippen LogP contribution in [0.1, 0.15) is 5.56 Å². The molecule has 2 heterocycles. The molecule has 0 fully saturated rings. The monoisotopic (exact) mass is 491 g/mol. The fourth-order valence-electron chi connectivity index (χ4n) is 3.59. The average Bonchev–Trinajstić information content (AvgIpc) is 3.40. The van der Waals surface area contributed by atoms with Crippen molar-refractivity contribution in [3.63, 3.8) is 0 Å². The number of nitrogens with zero attached hydrogens (tertiary/aromatic N) is 5. The van der Waals surface area contributed by atoms with Gasteiger partial charge in [-0.05, 0) is 17.7 Å². The molecule has 1 aliphatic rings. The number of primary sulfonamides is 1. The van der Waals surface area contributed by atoms with Gasteiger partial charge in [0.1, 0.15) is 9.79 Å². The Balaban J connectivity index is 2.14. The van der Waals surface area contributed by atoms with Gasteiger partial charge in [-0.3, -0.25) is 0 Å². The first-order chi connectivity index (χ1) is 15.6. The number of nitrogen functional groups attached to an aromatic ring is 1. The van der Waals surface area contributed by atoms with Gasteiger partial charge in [0.05, 0.1) is 16.6 Å². The van der Waals surface area contributed by atoms with E-state index in [1.165, 1.54) is 19.2 Å². The number of aromatic amines is 1. The Morgan fingerprint density at radius 1 is 1.12 bits per heavy atom. The SMILES string of the molecule is CN(CCN)S(=O)(=O)c1ccc(-c2cccc3[nH]c(N)nc23)c(C2=NCN=N2)c1S(N)(=O)=O. The smallest absolute Gasteiger partial charge is 0.244 e. The van der Waals surface area contributed by atoms with Crippen LogP contribution in [0.15, 0.2) is 55.3 Å². The lowest BCUT2D eigenvalue weighted by molar-refractivity contribution is 0.474. The number of hydrogen-bond acceptors (Lipinski definition) is 10.